The first-order chi connectivity index (χ1) is 10.9. The highest BCUT2D eigenvalue weighted by molar-refractivity contribution is 5.76. The van der Waals surface area contributed by atoms with E-state index in [1.54, 1.807) is 6.07 Å². The van der Waals surface area contributed by atoms with Gasteiger partial charge in [-0.1, -0.05) is 6.07 Å². The predicted molar refractivity (Wildman–Crippen MR) is 73.7 cm³/mol. The average molecular weight is 328 g/mol. The van der Waals surface area contributed by atoms with E-state index in [0.717, 1.165) is 24.2 Å². The van der Waals surface area contributed by atoms with Crippen molar-refractivity contribution in [2.24, 2.45) is 0 Å². The summed E-state index contributed by atoms with van der Waals surface area (Å²) in [5.41, 5.74) is 2.46. The summed E-state index contributed by atoms with van der Waals surface area (Å²) in [7, 11) is 0. The molecule has 3 aliphatic heterocycles. The molecule has 124 valence electrons. The maximum absolute atomic E-state index is 12.3. The van der Waals surface area contributed by atoms with Crippen molar-refractivity contribution in [1.29, 1.82) is 0 Å². The van der Waals surface area contributed by atoms with Crippen LogP contribution >= 0.6 is 0 Å². The van der Waals surface area contributed by atoms with E-state index in [1.807, 2.05) is 12.1 Å². The highest BCUT2D eigenvalue weighted by Crippen LogP contribution is 2.36. The number of esters is 1. The molecule has 3 atom stereocenters. The maximum atomic E-state index is 12.3. The number of benzene rings is 1. The fourth-order valence-corrected chi connectivity index (χ4v) is 3.49. The number of halogens is 3. The smallest absolute Gasteiger partial charge is 0.436 e. The number of nitrogens with one attached hydrogen (secondary N) is 1. The van der Waals surface area contributed by atoms with E-state index in [1.165, 1.54) is 0 Å². The van der Waals surface area contributed by atoms with Gasteiger partial charge in [0.05, 0.1) is 18.8 Å². The lowest BCUT2D eigenvalue weighted by atomic mass is 10.1. The van der Waals surface area contributed by atoms with Gasteiger partial charge in [-0.25, -0.2) is 4.79 Å². The Balaban J connectivity index is 1.52. The van der Waals surface area contributed by atoms with Gasteiger partial charge in [0.1, 0.15) is 0 Å². The Labute approximate surface area is 130 Å². The molecular formula is C15H15F3N2O3. The van der Waals surface area contributed by atoms with Gasteiger partial charge in [-0.05, 0) is 24.1 Å². The predicted octanol–water partition coefficient (Wildman–Crippen LogP) is 1.87. The highest BCUT2D eigenvalue weighted by atomic mass is 19.4. The number of rotatable bonds is 2. The molecule has 2 bridgehead atoms. The SMILES string of the molecule is O=C(O[C@@H]1NCc2cc(N3CC4CC3CO4)ccc21)C(F)(F)F. The van der Waals surface area contributed by atoms with Gasteiger partial charge >= 0.3 is 12.1 Å². The van der Waals surface area contributed by atoms with E-state index in [9.17, 15) is 18.0 Å². The summed E-state index contributed by atoms with van der Waals surface area (Å²) in [5, 5.41) is 2.79. The first-order valence-electron chi connectivity index (χ1n) is 7.44. The third kappa shape index (κ3) is 2.55. The number of nitrogens with zero attached hydrogens (tertiary/aromatic N) is 1. The molecule has 1 aromatic carbocycles. The average Bonchev–Trinajstić information content (AvgIpc) is 3.21. The van der Waals surface area contributed by atoms with E-state index in [0.29, 0.717) is 24.8 Å². The molecule has 2 fully saturated rings. The van der Waals surface area contributed by atoms with Gasteiger partial charge in [0.2, 0.25) is 0 Å². The monoisotopic (exact) mass is 328 g/mol. The van der Waals surface area contributed by atoms with Crippen LogP contribution in [0, 0.1) is 0 Å². The van der Waals surface area contributed by atoms with E-state index >= 15 is 0 Å². The Kier molecular flexibility index (Phi) is 3.28. The second kappa shape index (κ2) is 5.10. The largest absolute Gasteiger partial charge is 0.490 e. The number of alkyl halides is 3. The minimum absolute atomic E-state index is 0.270. The number of fused-ring (bicyclic) bond motifs is 3. The zero-order valence-electron chi connectivity index (χ0n) is 12.1. The Morgan fingerprint density at radius 3 is 2.87 bits per heavy atom. The maximum Gasteiger partial charge on any atom is 0.490 e. The normalized spacial score (nSPS) is 29.0. The zero-order chi connectivity index (χ0) is 16.2. The van der Waals surface area contributed by atoms with Crippen molar-refractivity contribution in [2.45, 2.75) is 37.5 Å². The Morgan fingerprint density at radius 1 is 1.39 bits per heavy atom. The Bertz CT molecular complexity index is 649. The molecule has 0 aliphatic carbocycles. The summed E-state index contributed by atoms with van der Waals surface area (Å²) in [6.07, 6.45) is -4.75. The van der Waals surface area contributed by atoms with Crippen LogP contribution in [0.4, 0.5) is 18.9 Å². The molecule has 0 amide bonds. The lowest BCUT2D eigenvalue weighted by Crippen LogP contribution is -2.36. The van der Waals surface area contributed by atoms with Gasteiger partial charge in [-0.3, -0.25) is 5.32 Å². The van der Waals surface area contributed by atoms with Crippen LogP contribution in [0.5, 0.6) is 0 Å². The lowest BCUT2D eigenvalue weighted by molar-refractivity contribution is -0.206. The van der Waals surface area contributed by atoms with Crippen molar-refractivity contribution in [3.63, 3.8) is 0 Å². The molecule has 23 heavy (non-hydrogen) atoms. The number of hydrogen-bond acceptors (Lipinski definition) is 5. The first-order valence-corrected chi connectivity index (χ1v) is 7.44. The number of carbonyl (C=O) groups excluding carboxylic acids is 1. The highest BCUT2D eigenvalue weighted by Gasteiger charge is 2.44. The molecule has 0 radical (unpaired) electrons. The van der Waals surface area contributed by atoms with Crippen LogP contribution in [0.25, 0.3) is 0 Å². The van der Waals surface area contributed by atoms with Gasteiger partial charge in [0.25, 0.3) is 0 Å². The lowest BCUT2D eigenvalue weighted by Gasteiger charge is -2.29. The van der Waals surface area contributed by atoms with Crippen LogP contribution in [0.3, 0.4) is 0 Å². The van der Waals surface area contributed by atoms with Crippen molar-refractivity contribution in [3.05, 3.63) is 29.3 Å². The molecule has 0 aromatic heterocycles. The van der Waals surface area contributed by atoms with Crippen molar-refractivity contribution in [1.82, 2.24) is 5.32 Å². The molecule has 2 saturated heterocycles. The fourth-order valence-electron chi connectivity index (χ4n) is 3.49. The fraction of sp³-hybridized carbons (Fsp3) is 0.533. The second-order valence-corrected chi connectivity index (χ2v) is 6.04. The molecule has 0 saturated carbocycles. The third-order valence-corrected chi connectivity index (χ3v) is 4.58. The molecule has 5 nitrogen and oxygen atoms in total. The number of anilines is 1. The Morgan fingerprint density at radius 2 is 2.22 bits per heavy atom. The second-order valence-electron chi connectivity index (χ2n) is 6.04. The van der Waals surface area contributed by atoms with Gasteiger partial charge in [-0.2, -0.15) is 13.2 Å². The first kappa shape index (κ1) is 14.8. The topological polar surface area (TPSA) is 50.8 Å². The summed E-state index contributed by atoms with van der Waals surface area (Å²) in [6.45, 7) is 1.92. The third-order valence-electron chi connectivity index (χ3n) is 4.58. The minimum atomic E-state index is -4.99. The molecule has 8 heteroatoms. The molecule has 0 spiro atoms. The molecule has 3 heterocycles. The van der Waals surface area contributed by atoms with Crippen LogP contribution in [-0.4, -0.2) is 37.4 Å². The van der Waals surface area contributed by atoms with Gasteiger partial charge in [0, 0.05) is 24.3 Å². The molecule has 1 aromatic rings. The van der Waals surface area contributed by atoms with E-state index < -0.39 is 18.4 Å². The van der Waals surface area contributed by atoms with Crippen LogP contribution < -0.4 is 10.2 Å². The summed E-state index contributed by atoms with van der Waals surface area (Å²) >= 11 is 0. The number of morpholine rings is 1. The molecular weight excluding hydrogens is 313 g/mol. The number of carbonyl (C=O) groups is 1. The van der Waals surface area contributed by atoms with Gasteiger partial charge in [0.15, 0.2) is 6.23 Å². The molecule has 4 rings (SSSR count). The molecule has 2 unspecified atom stereocenters. The summed E-state index contributed by atoms with van der Waals surface area (Å²) < 4.78 is 47.0. The summed E-state index contributed by atoms with van der Waals surface area (Å²) in [4.78, 5) is 13.3. The van der Waals surface area contributed by atoms with E-state index in [2.05, 4.69) is 15.0 Å². The van der Waals surface area contributed by atoms with Crippen LogP contribution in [0.2, 0.25) is 0 Å². The molecule has 3 aliphatic rings. The Hall–Kier alpha value is -1.80. The number of ether oxygens (including phenoxy) is 2. The van der Waals surface area contributed by atoms with Crippen molar-refractivity contribution < 1.29 is 27.4 Å². The molecule has 1 N–H and O–H groups in total. The van der Waals surface area contributed by atoms with Crippen molar-refractivity contribution in [2.75, 3.05) is 18.1 Å². The standard InChI is InChI=1S/C15H15F3N2O3/c16-15(17,18)14(21)23-13-12-2-1-9(3-8(12)5-19-13)20-6-11-4-10(20)7-22-11/h1-3,10-11,13,19H,4-7H2/t10?,11?,13-/m0/s1. The van der Waals surface area contributed by atoms with Crippen molar-refractivity contribution in [3.8, 4) is 0 Å². The van der Waals surface area contributed by atoms with Gasteiger partial charge < -0.3 is 14.4 Å². The number of hydrogen-bond donors (Lipinski definition) is 1. The quantitative estimate of drug-likeness (QED) is 0.840. The van der Waals surface area contributed by atoms with Crippen LogP contribution in [-0.2, 0) is 20.8 Å². The minimum Gasteiger partial charge on any atom is -0.436 e. The van der Waals surface area contributed by atoms with Crippen molar-refractivity contribution >= 4 is 11.7 Å². The zero-order valence-corrected chi connectivity index (χ0v) is 12.1. The van der Waals surface area contributed by atoms with E-state index in [-0.39, 0.29) is 6.10 Å². The van der Waals surface area contributed by atoms with E-state index in [4.69, 9.17) is 4.74 Å². The summed E-state index contributed by atoms with van der Waals surface area (Å²) in [6, 6.07) is 5.91. The van der Waals surface area contributed by atoms with Crippen LogP contribution in [0.15, 0.2) is 18.2 Å². The van der Waals surface area contributed by atoms with Crippen LogP contribution in [0.1, 0.15) is 23.8 Å². The van der Waals surface area contributed by atoms with Gasteiger partial charge in [-0.15, -0.1) is 0 Å². The summed E-state index contributed by atoms with van der Waals surface area (Å²) in [5.74, 6) is -2.18.